The molecule has 0 bridgehead atoms. The molecule has 0 aliphatic heterocycles. The maximum atomic E-state index is 13.3. The van der Waals surface area contributed by atoms with Crippen molar-refractivity contribution < 1.29 is 29.1 Å². The summed E-state index contributed by atoms with van der Waals surface area (Å²) in [5.74, 6) is -2.27. The Balaban J connectivity index is 3.01. The number of nitro groups is 1. The van der Waals surface area contributed by atoms with Crippen molar-refractivity contribution >= 4 is 11.7 Å². The molecule has 1 aromatic rings. The van der Waals surface area contributed by atoms with E-state index in [2.05, 4.69) is 4.74 Å². The molecule has 0 heterocycles. The zero-order valence-electron chi connectivity index (χ0n) is 9.24. The molecule has 18 heavy (non-hydrogen) atoms. The van der Waals surface area contributed by atoms with E-state index in [1.54, 1.807) is 0 Å². The highest BCUT2D eigenvalue weighted by Gasteiger charge is 2.28. The average molecular weight is 259 g/mol. The number of nitro benzene ring substituents is 1. The summed E-state index contributed by atoms with van der Waals surface area (Å²) < 4.78 is 17.5. The Bertz CT molecular complexity index is 477. The molecule has 1 rings (SSSR count). The van der Waals surface area contributed by atoms with E-state index >= 15 is 0 Å². The van der Waals surface area contributed by atoms with Crippen LogP contribution in [0.3, 0.4) is 0 Å². The summed E-state index contributed by atoms with van der Waals surface area (Å²) in [5, 5.41) is 29.3. The van der Waals surface area contributed by atoms with Crippen LogP contribution in [0.5, 0.6) is 0 Å². The maximum Gasteiger partial charge on any atom is 0.337 e. The topological polar surface area (TPSA) is 110 Å². The number of methoxy groups -OCH3 is 1. The lowest BCUT2D eigenvalue weighted by Gasteiger charge is -2.15. The van der Waals surface area contributed by atoms with Crippen LogP contribution in [0.1, 0.15) is 11.7 Å². The summed E-state index contributed by atoms with van der Waals surface area (Å²) in [5.41, 5.74) is -0.936. The molecule has 0 aliphatic carbocycles. The molecule has 0 spiro atoms. The molecule has 0 amide bonds. The first-order valence-electron chi connectivity index (χ1n) is 4.76. The Morgan fingerprint density at radius 2 is 2.11 bits per heavy atom. The molecule has 2 N–H and O–H groups in total. The number of carbonyl (C=O) groups is 1. The van der Waals surface area contributed by atoms with E-state index in [1.165, 1.54) is 0 Å². The van der Waals surface area contributed by atoms with Crippen molar-refractivity contribution in [2.75, 3.05) is 7.11 Å². The Hall–Kier alpha value is -2.06. The van der Waals surface area contributed by atoms with Gasteiger partial charge in [-0.25, -0.2) is 4.79 Å². The first kappa shape index (κ1) is 14.0. The molecule has 0 radical (unpaired) electrons. The minimum atomic E-state index is -1.89. The van der Waals surface area contributed by atoms with Gasteiger partial charge in [-0.05, 0) is 17.7 Å². The molecule has 0 saturated heterocycles. The zero-order chi connectivity index (χ0) is 13.9. The molecular formula is C10H10FNO6. The summed E-state index contributed by atoms with van der Waals surface area (Å²) >= 11 is 0. The third kappa shape index (κ3) is 2.79. The van der Waals surface area contributed by atoms with Crippen molar-refractivity contribution in [1.82, 2.24) is 0 Å². The van der Waals surface area contributed by atoms with Crippen LogP contribution in [0.4, 0.5) is 10.1 Å². The average Bonchev–Trinajstić information content (AvgIpc) is 2.35. The van der Waals surface area contributed by atoms with Gasteiger partial charge in [-0.3, -0.25) is 10.1 Å². The van der Waals surface area contributed by atoms with Crippen molar-refractivity contribution in [2.24, 2.45) is 0 Å². The van der Waals surface area contributed by atoms with Crippen LogP contribution in [0, 0.1) is 15.9 Å². The number of hydrogen-bond donors (Lipinski definition) is 2. The Kier molecular flexibility index (Phi) is 4.29. The highest BCUT2D eigenvalue weighted by Crippen LogP contribution is 2.24. The van der Waals surface area contributed by atoms with Gasteiger partial charge in [0.05, 0.1) is 12.0 Å². The van der Waals surface area contributed by atoms with Crippen LogP contribution in [0.2, 0.25) is 0 Å². The third-order valence-corrected chi connectivity index (χ3v) is 2.25. The van der Waals surface area contributed by atoms with Gasteiger partial charge in [0.2, 0.25) is 5.82 Å². The van der Waals surface area contributed by atoms with Crippen LogP contribution >= 0.6 is 0 Å². The number of hydrogen-bond acceptors (Lipinski definition) is 6. The normalized spacial score (nSPS) is 13.8. The Morgan fingerprint density at radius 3 is 2.56 bits per heavy atom. The van der Waals surface area contributed by atoms with Crippen LogP contribution in [-0.2, 0) is 9.53 Å². The van der Waals surface area contributed by atoms with E-state index in [4.69, 9.17) is 0 Å². The third-order valence-electron chi connectivity index (χ3n) is 2.25. The van der Waals surface area contributed by atoms with Crippen molar-refractivity contribution in [3.63, 3.8) is 0 Å². The van der Waals surface area contributed by atoms with Gasteiger partial charge in [-0.2, -0.15) is 4.39 Å². The van der Waals surface area contributed by atoms with Gasteiger partial charge in [-0.15, -0.1) is 0 Å². The molecule has 0 saturated carbocycles. The van der Waals surface area contributed by atoms with Gasteiger partial charge in [0.25, 0.3) is 0 Å². The Morgan fingerprint density at radius 1 is 1.50 bits per heavy atom. The van der Waals surface area contributed by atoms with Crippen molar-refractivity contribution in [3.05, 3.63) is 39.7 Å². The van der Waals surface area contributed by atoms with E-state index in [-0.39, 0.29) is 5.56 Å². The van der Waals surface area contributed by atoms with Gasteiger partial charge in [-0.1, -0.05) is 0 Å². The number of nitrogens with zero attached hydrogens (tertiary/aromatic N) is 1. The molecule has 0 fully saturated rings. The second-order valence-corrected chi connectivity index (χ2v) is 3.38. The second-order valence-electron chi connectivity index (χ2n) is 3.38. The van der Waals surface area contributed by atoms with Crippen molar-refractivity contribution in [2.45, 2.75) is 12.2 Å². The predicted molar refractivity (Wildman–Crippen MR) is 56.0 cm³/mol. The number of aliphatic hydroxyl groups is 2. The highest BCUT2D eigenvalue weighted by molar-refractivity contribution is 5.75. The van der Waals surface area contributed by atoms with E-state index in [1.807, 2.05) is 0 Å². The zero-order valence-corrected chi connectivity index (χ0v) is 9.24. The second kappa shape index (κ2) is 5.52. The number of halogens is 1. The van der Waals surface area contributed by atoms with Gasteiger partial charge < -0.3 is 14.9 Å². The maximum absolute atomic E-state index is 13.3. The smallest absolute Gasteiger partial charge is 0.337 e. The fraction of sp³-hybridized carbons (Fsp3) is 0.300. The summed E-state index contributed by atoms with van der Waals surface area (Å²) in [6, 6.07) is 2.55. The number of ether oxygens (including phenoxy) is 1. The molecule has 8 heteroatoms. The monoisotopic (exact) mass is 259 g/mol. The fourth-order valence-electron chi connectivity index (χ4n) is 1.29. The largest absolute Gasteiger partial charge is 0.467 e. The molecule has 7 nitrogen and oxygen atoms in total. The van der Waals surface area contributed by atoms with E-state index in [0.717, 1.165) is 19.2 Å². The molecule has 0 aromatic heterocycles. The molecule has 0 aliphatic rings. The first-order chi connectivity index (χ1) is 8.38. The SMILES string of the molecule is COC(=O)C(O)C(O)c1ccc([N+](=O)[O-])c(F)c1. The van der Waals surface area contributed by atoms with Crippen LogP contribution < -0.4 is 0 Å². The first-order valence-corrected chi connectivity index (χ1v) is 4.76. The quantitative estimate of drug-likeness (QED) is 0.457. The number of benzene rings is 1. The van der Waals surface area contributed by atoms with Gasteiger partial charge in [0, 0.05) is 6.07 Å². The van der Waals surface area contributed by atoms with E-state index in [0.29, 0.717) is 6.07 Å². The standard InChI is InChI=1S/C10H10FNO6/c1-18-10(15)9(14)8(13)5-2-3-7(12(16)17)6(11)4-5/h2-4,8-9,13-14H,1H3. The minimum absolute atomic E-state index is 0.170. The summed E-state index contributed by atoms with van der Waals surface area (Å²) in [7, 11) is 1.01. The van der Waals surface area contributed by atoms with Gasteiger partial charge in [0.15, 0.2) is 6.10 Å². The lowest BCUT2D eigenvalue weighted by atomic mass is 10.0. The number of carbonyl (C=O) groups excluding carboxylic acids is 1. The van der Waals surface area contributed by atoms with Crippen LogP contribution in [0.25, 0.3) is 0 Å². The van der Waals surface area contributed by atoms with Crippen LogP contribution in [0.15, 0.2) is 18.2 Å². The lowest BCUT2D eigenvalue weighted by Crippen LogP contribution is -2.29. The van der Waals surface area contributed by atoms with E-state index in [9.17, 15) is 29.5 Å². The molecule has 98 valence electrons. The number of rotatable bonds is 4. The van der Waals surface area contributed by atoms with Crippen molar-refractivity contribution in [3.8, 4) is 0 Å². The molecule has 1 aromatic carbocycles. The minimum Gasteiger partial charge on any atom is -0.467 e. The fourth-order valence-corrected chi connectivity index (χ4v) is 1.29. The molecule has 2 atom stereocenters. The van der Waals surface area contributed by atoms with Crippen molar-refractivity contribution in [1.29, 1.82) is 0 Å². The van der Waals surface area contributed by atoms with Gasteiger partial charge >= 0.3 is 11.7 Å². The summed E-state index contributed by atoms with van der Waals surface area (Å²) in [6.07, 6.45) is -3.62. The predicted octanol–water partition coefficient (Wildman–Crippen LogP) is 0.301. The van der Waals surface area contributed by atoms with E-state index < -0.39 is 34.6 Å². The summed E-state index contributed by atoms with van der Waals surface area (Å²) in [4.78, 5) is 20.4. The number of aliphatic hydroxyl groups excluding tert-OH is 2. The molecule has 2 unspecified atom stereocenters. The Labute approximate surface area is 101 Å². The number of esters is 1. The molecular weight excluding hydrogens is 249 g/mol. The van der Waals surface area contributed by atoms with Crippen LogP contribution in [-0.4, -0.2) is 34.3 Å². The lowest BCUT2D eigenvalue weighted by molar-refractivity contribution is -0.387. The highest BCUT2D eigenvalue weighted by atomic mass is 19.1. The summed E-state index contributed by atoms with van der Waals surface area (Å²) in [6.45, 7) is 0. The van der Waals surface area contributed by atoms with Gasteiger partial charge in [0.1, 0.15) is 6.10 Å².